The van der Waals surface area contributed by atoms with Gasteiger partial charge in [0.2, 0.25) is 10.0 Å². The van der Waals surface area contributed by atoms with Gasteiger partial charge in [0.25, 0.3) is 0 Å². The summed E-state index contributed by atoms with van der Waals surface area (Å²) in [6.07, 6.45) is 2.97. The maximum Gasteiger partial charge on any atom is 0.248 e. The lowest BCUT2D eigenvalue weighted by molar-refractivity contribution is 0.350. The summed E-state index contributed by atoms with van der Waals surface area (Å²) < 4.78 is 27.4. The molecule has 0 amide bonds. The molecule has 0 spiro atoms. The van der Waals surface area contributed by atoms with Crippen molar-refractivity contribution in [2.24, 2.45) is 7.05 Å². The predicted molar refractivity (Wildman–Crippen MR) is 66.9 cm³/mol. The quantitative estimate of drug-likeness (QED) is 0.849. The molecule has 0 saturated heterocycles. The average Bonchev–Trinajstić information content (AvgIpc) is 2.60. The average molecular weight is 260 g/mol. The molecule has 1 rings (SSSR count). The summed E-state index contributed by atoms with van der Waals surface area (Å²) in [5, 5.41) is 3.86. The Morgan fingerprint density at radius 1 is 1.47 bits per heavy atom. The van der Waals surface area contributed by atoms with E-state index in [0.717, 1.165) is 12.8 Å². The Morgan fingerprint density at radius 3 is 2.35 bits per heavy atom. The molecule has 0 atom stereocenters. The number of sulfonamides is 1. The molecule has 98 valence electrons. The normalized spacial score (nSPS) is 12.6. The fourth-order valence-corrected chi connectivity index (χ4v) is 3.43. The Hall–Kier alpha value is -1.08. The maximum absolute atomic E-state index is 12.3. The fourth-order valence-electron chi connectivity index (χ4n) is 1.84. The number of hydrogen-bond donors (Lipinski definition) is 1. The van der Waals surface area contributed by atoms with Crippen molar-refractivity contribution >= 4 is 15.8 Å². The molecule has 7 heteroatoms. The molecule has 0 radical (unpaired) electrons. The van der Waals surface area contributed by atoms with Crippen molar-refractivity contribution in [3.05, 3.63) is 6.20 Å². The van der Waals surface area contributed by atoms with Crippen molar-refractivity contribution in [1.29, 1.82) is 0 Å². The minimum atomic E-state index is -3.55. The van der Waals surface area contributed by atoms with Crippen LogP contribution in [-0.4, -0.2) is 35.6 Å². The minimum absolute atomic E-state index is 0.0143. The highest BCUT2D eigenvalue weighted by Crippen LogP contribution is 2.23. The van der Waals surface area contributed by atoms with E-state index < -0.39 is 10.0 Å². The van der Waals surface area contributed by atoms with Gasteiger partial charge in [0.05, 0.1) is 0 Å². The highest BCUT2D eigenvalue weighted by molar-refractivity contribution is 7.89. The van der Waals surface area contributed by atoms with Gasteiger partial charge in [0, 0.05) is 26.3 Å². The van der Waals surface area contributed by atoms with Crippen molar-refractivity contribution in [2.45, 2.75) is 37.6 Å². The van der Waals surface area contributed by atoms with E-state index in [1.54, 1.807) is 14.1 Å². The van der Waals surface area contributed by atoms with Crippen LogP contribution in [0.25, 0.3) is 0 Å². The summed E-state index contributed by atoms with van der Waals surface area (Å²) in [6.45, 7) is 3.93. The molecular formula is C10H20N4O2S. The molecule has 2 N–H and O–H groups in total. The van der Waals surface area contributed by atoms with Crippen LogP contribution in [-0.2, 0) is 17.1 Å². The van der Waals surface area contributed by atoms with Gasteiger partial charge in [0.1, 0.15) is 4.90 Å². The van der Waals surface area contributed by atoms with Crippen LogP contribution in [0.2, 0.25) is 0 Å². The molecule has 6 nitrogen and oxygen atoms in total. The van der Waals surface area contributed by atoms with E-state index >= 15 is 0 Å². The van der Waals surface area contributed by atoms with Crippen LogP contribution in [0.15, 0.2) is 11.1 Å². The molecule has 0 unspecified atom stereocenters. The summed E-state index contributed by atoms with van der Waals surface area (Å²) in [5.41, 5.74) is 5.61. The van der Waals surface area contributed by atoms with E-state index in [9.17, 15) is 8.42 Å². The lowest BCUT2D eigenvalue weighted by Gasteiger charge is -2.24. The third kappa shape index (κ3) is 2.61. The molecule has 0 saturated carbocycles. The molecule has 1 aromatic heterocycles. The van der Waals surface area contributed by atoms with E-state index in [1.807, 2.05) is 13.8 Å². The number of nitrogen functional groups attached to an aromatic ring is 1. The van der Waals surface area contributed by atoms with Gasteiger partial charge in [0.15, 0.2) is 5.82 Å². The number of nitrogens with two attached hydrogens (primary N) is 1. The summed E-state index contributed by atoms with van der Waals surface area (Å²) >= 11 is 0. The largest absolute Gasteiger partial charge is 0.381 e. The summed E-state index contributed by atoms with van der Waals surface area (Å²) in [4.78, 5) is 0.0781. The maximum atomic E-state index is 12.3. The number of hydrogen-bond acceptors (Lipinski definition) is 4. The summed E-state index contributed by atoms with van der Waals surface area (Å²) in [7, 11) is -0.319. The molecule has 1 aromatic rings. The zero-order chi connectivity index (χ0) is 13.2. The molecule has 0 aromatic carbocycles. The summed E-state index contributed by atoms with van der Waals surface area (Å²) in [5.74, 6) is 0.0466. The molecule has 0 aliphatic heterocycles. The van der Waals surface area contributed by atoms with Crippen LogP contribution < -0.4 is 5.73 Å². The molecule has 0 aliphatic rings. The standard InChI is InChI=1S/C10H20N4O2S/c1-5-8(6-2)14(4)17(15,16)9-7-13(3)12-10(9)11/h7-8H,5-6H2,1-4H3,(H2,11,12). The van der Waals surface area contributed by atoms with Crippen molar-refractivity contribution in [2.75, 3.05) is 12.8 Å². The van der Waals surface area contributed by atoms with Gasteiger partial charge in [-0.15, -0.1) is 0 Å². The number of aromatic nitrogens is 2. The zero-order valence-electron chi connectivity index (χ0n) is 10.7. The topological polar surface area (TPSA) is 81.2 Å². The first-order chi connectivity index (χ1) is 7.84. The first-order valence-electron chi connectivity index (χ1n) is 5.61. The molecule has 0 aliphatic carbocycles. The van der Waals surface area contributed by atoms with Gasteiger partial charge in [-0.2, -0.15) is 9.40 Å². The third-order valence-electron chi connectivity index (χ3n) is 2.94. The SMILES string of the molecule is CCC(CC)N(C)S(=O)(=O)c1cn(C)nc1N. The van der Waals surface area contributed by atoms with Crippen molar-refractivity contribution in [1.82, 2.24) is 14.1 Å². The van der Waals surface area contributed by atoms with E-state index in [1.165, 1.54) is 15.2 Å². The van der Waals surface area contributed by atoms with Gasteiger partial charge in [-0.1, -0.05) is 13.8 Å². The van der Waals surface area contributed by atoms with Crippen LogP contribution in [0.4, 0.5) is 5.82 Å². The second-order valence-corrected chi connectivity index (χ2v) is 6.01. The lowest BCUT2D eigenvalue weighted by Crippen LogP contribution is -2.36. The van der Waals surface area contributed by atoms with Gasteiger partial charge >= 0.3 is 0 Å². The van der Waals surface area contributed by atoms with Gasteiger partial charge < -0.3 is 5.73 Å². The number of aryl methyl sites for hydroxylation is 1. The molecule has 0 fully saturated rings. The van der Waals surface area contributed by atoms with Crippen LogP contribution in [0.1, 0.15) is 26.7 Å². The van der Waals surface area contributed by atoms with Crippen LogP contribution in [0.3, 0.4) is 0 Å². The Kier molecular flexibility index (Phi) is 4.16. The second kappa shape index (κ2) is 5.05. The predicted octanol–water partition coefficient (Wildman–Crippen LogP) is 0.811. The van der Waals surface area contributed by atoms with Gasteiger partial charge in [-0.05, 0) is 12.8 Å². The van der Waals surface area contributed by atoms with Crippen LogP contribution in [0, 0.1) is 0 Å². The Bertz CT molecular complexity index is 476. The second-order valence-electron chi connectivity index (χ2n) is 4.04. The van der Waals surface area contributed by atoms with E-state index in [0.29, 0.717) is 0 Å². The Labute approximate surface area is 102 Å². The first-order valence-corrected chi connectivity index (χ1v) is 7.05. The molecule has 1 heterocycles. The number of anilines is 1. The van der Waals surface area contributed by atoms with Gasteiger partial charge in [-0.25, -0.2) is 8.42 Å². The first kappa shape index (κ1) is 14.0. The van der Waals surface area contributed by atoms with Crippen LogP contribution >= 0.6 is 0 Å². The van der Waals surface area contributed by atoms with Gasteiger partial charge in [-0.3, -0.25) is 4.68 Å². The van der Waals surface area contributed by atoms with E-state index in [4.69, 9.17) is 5.73 Å². The Balaban J connectivity index is 3.15. The number of nitrogens with zero attached hydrogens (tertiary/aromatic N) is 3. The lowest BCUT2D eigenvalue weighted by atomic mass is 10.2. The van der Waals surface area contributed by atoms with E-state index in [-0.39, 0.29) is 16.8 Å². The highest BCUT2D eigenvalue weighted by Gasteiger charge is 2.29. The monoisotopic (exact) mass is 260 g/mol. The number of rotatable bonds is 5. The smallest absolute Gasteiger partial charge is 0.248 e. The van der Waals surface area contributed by atoms with Crippen molar-refractivity contribution in [3.63, 3.8) is 0 Å². The Morgan fingerprint density at radius 2 is 2.00 bits per heavy atom. The van der Waals surface area contributed by atoms with Crippen LogP contribution in [0.5, 0.6) is 0 Å². The van der Waals surface area contributed by atoms with Crippen molar-refractivity contribution in [3.8, 4) is 0 Å². The molecule has 17 heavy (non-hydrogen) atoms. The third-order valence-corrected chi connectivity index (χ3v) is 4.86. The molecular weight excluding hydrogens is 240 g/mol. The fraction of sp³-hybridized carbons (Fsp3) is 0.700. The van der Waals surface area contributed by atoms with E-state index in [2.05, 4.69) is 5.10 Å². The zero-order valence-corrected chi connectivity index (χ0v) is 11.5. The highest BCUT2D eigenvalue weighted by atomic mass is 32.2. The summed E-state index contributed by atoms with van der Waals surface area (Å²) in [6, 6.07) is -0.0143. The molecule has 0 bridgehead atoms. The van der Waals surface area contributed by atoms with Crippen molar-refractivity contribution < 1.29 is 8.42 Å². The minimum Gasteiger partial charge on any atom is -0.381 e.